The molecule has 0 bridgehead atoms. The van der Waals surface area contributed by atoms with Gasteiger partial charge in [0, 0.05) is 21.7 Å². The second-order valence-electron chi connectivity index (χ2n) is 10.8. The van der Waals surface area contributed by atoms with Crippen LogP contribution in [0.4, 0.5) is 0 Å². The Labute approximate surface area is 242 Å². The van der Waals surface area contributed by atoms with E-state index in [2.05, 4.69) is 155 Å². The van der Waals surface area contributed by atoms with Gasteiger partial charge in [0.1, 0.15) is 5.82 Å². The van der Waals surface area contributed by atoms with Gasteiger partial charge in [0.15, 0.2) is 0 Å². The van der Waals surface area contributed by atoms with Crippen molar-refractivity contribution in [2.24, 2.45) is 0 Å². The summed E-state index contributed by atoms with van der Waals surface area (Å²) in [6.45, 7) is 0. The normalized spacial score (nSPS) is 11.8. The van der Waals surface area contributed by atoms with E-state index in [1.165, 1.54) is 43.7 Å². The van der Waals surface area contributed by atoms with E-state index < -0.39 is 0 Å². The first-order chi connectivity index (χ1) is 20.8. The van der Waals surface area contributed by atoms with Gasteiger partial charge in [-0.25, -0.2) is 4.98 Å². The van der Waals surface area contributed by atoms with Crippen molar-refractivity contribution in [2.45, 2.75) is 0 Å². The van der Waals surface area contributed by atoms with Gasteiger partial charge in [0.2, 0.25) is 0 Å². The van der Waals surface area contributed by atoms with Crippen LogP contribution in [0, 0.1) is 0 Å². The number of para-hydroxylation sites is 2. The number of hydrogen-bond acceptors (Lipinski definition) is 1. The lowest BCUT2D eigenvalue weighted by Crippen LogP contribution is -2.01. The van der Waals surface area contributed by atoms with Crippen molar-refractivity contribution in [2.75, 3.05) is 0 Å². The Bertz CT molecular complexity index is 2430. The second kappa shape index (κ2) is 8.92. The molecule has 3 heteroatoms. The summed E-state index contributed by atoms with van der Waals surface area (Å²) in [6, 6.07) is 54.1. The fraction of sp³-hybridized carbons (Fsp3) is 0. The minimum absolute atomic E-state index is 0.898. The summed E-state index contributed by atoms with van der Waals surface area (Å²) in [6.07, 6.45) is 0. The first kappa shape index (κ1) is 23.1. The van der Waals surface area contributed by atoms with Crippen LogP contribution in [0.2, 0.25) is 0 Å². The van der Waals surface area contributed by atoms with E-state index in [0.717, 1.165) is 33.6 Å². The Morgan fingerprint density at radius 3 is 1.98 bits per heavy atom. The lowest BCUT2D eigenvalue weighted by Gasteiger charge is -2.13. The molecule has 0 spiro atoms. The number of nitrogens with zero attached hydrogens (tertiary/aromatic N) is 3. The third kappa shape index (κ3) is 3.31. The highest BCUT2D eigenvalue weighted by Crippen LogP contribution is 2.40. The van der Waals surface area contributed by atoms with Crippen LogP contribution in [0.5, 0.6) is 0 Å². The molecule has 6 aromatic carbocycles. The second-order valence-corrected chi connectivity index (χ2v) is 10.8. The van der Waals surface area contributed by atoms with Crippen molar-refractivity contribution in [1.29, 1.82) is 0 Å². The highest BCUT2D eigenvalue weighted by Gasteiger charge is 2.19. The number of hydrogen-bond donors (Lipinski definition) is 0. The van der Waals surface area contributed by atoms with Crippen molar-refractivity contribution in [1.82, 2.24) is 14.0 Å². The van der Waals surface area contributed by atoms with E-state index in [0.29, 0.717) is 0 Å². The van der Waals surface area contributed by atoms with Crippen LogP contribution in [0.3, 0.4) is 0 Å². The summed E-state index contributed by atoms with van der Waals surface area (Å²) in [5.74, 6) is 0.898. The molecule has 0 aliphatic carbocycles. The van der Waals surface area contributed by atoms with Crippen LogP contribution in [-0.2, 0) is 0 Å². The Morgan fingerprint density at radius 1 is 0.429 bits per heavy atom. The van der Waals surface area contributed by atoms with Crippen LogP contribution in [0.1, 0.15) is 0 Å². The number of benzene rings is 6. The molecular formula is C39H25N3. The third-order valence-corrected chi connectivity index (χ3v) is 8.49. The number of pyridine rings is 1. The molecule has 0 atom stereocenters. The van der Waals surface area contributed by atoms with Crippen molar-refractivity contribution in [3.8, 4) is 28.2 Å². The zero-order chi connectivity index (χ0) is 27.6. The molecule has 196 valence electrons. The smallest absolute Gasteiger partial charge is 0.138 e. The Morgan fingerprint density at radius 2 is 1.14 bits per heavy atom. The van der Waals surface area contributed by atoms with Gasteiger partial charge in [-0.05, 0) is 59.0 Å². The minimum atomic E-state index is 0.898. The lowest BCUT2D eigenvalue weighted by molar-refractivity contribution is 1.08. The summed E-state index contributed by atoms with van der Waals surface area (Å²) >= 11 is 0. The number of rotatable bonds is 3. The zero-order valence-electron chi connectivity index (χ0n) is 22.8. The van der Waals surface area contributed by atoms with Gasteiger partial charge in [-0.3, -0.25) is 4.57 Å². The molecule has 0 saturated heterocycles. The minimum Gasteiger partial charge on any atom is -0.306 e. The van der Waals surface area contributed by atoms with Crippen molar-refractivity contribution in [3.05, 3.63) is 152 Å². The molecule has 0 radical (unpaired) electrons. The van der Waals surface area contributed by atoms with Crippen molar-refractivity contribution in [3.63, 3.8) is 0 Å². The van der Waals surface area contributed by atoms with Crippen molar-refractivity contribution < 1.29 is 0 Å². The van der Waals surface area contributed by atoms with E-state index in [4.69, 9.17) is 4.98 Å². The molecule has 9 rings (SSSR count). The number of aromatic nitrogens is 3. The fourth-order valence-electron chi connectivity index (χ4n) is 6.64. The van der Waals surface area contributed by atoms with Crippen LogP contribution < -0.4 is 0 Å². The van der Waals surface area contributed by atoms with E-state index in [1.807, 2.05) is 6.07 Å². The summed E-state index contributed by atoms with van der Waals surface area (Å²) in [7, 11) is 0. The predicted octanol–water partition coefficient (Wildman–Crippen LogP) is 10.1. The quantitative estimate of drug-likeness (QED) is 0.221. The van der Waals surface area contributed by atoms with Crippen LogP contribution in [0.25, 0.3) is 77.3 Å². The van der Waals surface area contributed by atoms with E-state index in [-0.39, 0.29) is 0 Å². The first-order valence-electron chi connectivity index (χ1n) is 14.3. The van der Waals surface area contributed by atoms with Crippen LogP contribution in [0.15, 0.2) is 152 Å². The molecule has 0 saturated carbocycles. The maximum atomic E-state index is 5.23. The average molecular weight is 536 g/mol. The molecular weight excluding hydrogens is 510 g/mol. The van der Waals surface area contributed by atoms with Gasteiger partial charge in [0.25, 0.3) is 0 Å². The summed E-state index contributed by atoms with van der Waals surface area (Å²) < 4.78 is 4.79. The predicted molar refractivity (Wildman–Crippen MR) is 175 cm³/mol. The summed E-state index contributed by atoms with van der Waals surface area (Å²) in [5.41, 5.74) is 10.3. The lowest BCUT2D eigenvalue weighted by atomic mass is 10.0. The van der Waals surface area contributed by atoms with Crippen molar-refractivity contribution >= 4 is 49.1 Å². The molecule has 3 aromatic heterocycles. The Hall–Kier alpha value is -5.67. The van der Waals surface area contributed by atoms with E-state index in [9.17, 15) is 0 Å². The largest absolute Gasteiger partial charge is 0.306 e. The highest BCUT2D eigenvalue weighted by atomic mass is 15.1. The maximum Gasteiger partial charge on any atom is 0.138 e. The molecule has 0 unspecified atom stereocenters. The first-order valence-corrected chi connectivity index (χ1v) is 14.3. The average Bonchev–Trinajstić information content (AvgIpc) is 3.33. The van der Waals surface area contributed by atoms with E-state index in [1.54, 1.807) is 0 Å². The monoisotopic (exact) mass is 535 g/mol. The molecule has 3 nitrogen and oxygen atoms in total. The summed E-state index contributed by atoms with van der Waals surface area (Å²) in [5, 5.41) is 4.96. The van der Waals surface area contributed by atoms with Gasteiger partial charge in [-0.15, -0.1) is 0 Å². The fourth-order valence-corrected chi connectivity index (χ4v) is 6.64. The molecule has 0 fully saturated rings. The van der Waals surface area contributed by atoms with Gasteiger partial charge in [-0.2, -0.15) is 0 Å². The van der Waals surface area contributed by atoms with Gasteiger partial charge >= 0.3 is 0 Å². The Balaban J connectivity index is 1.46. The standard InChI is InChI=1S/C39H25N3/c1-3-11-26(12-4-1)29-22-24-33-31(25-29)30-23-21-28-15-9-19-36-38(28)39(30)42(33)35-18-8-7-17-34(35)41(36)37-20-10-16-32(40-37)27-13-5-2-6-14-27/h1-25H. The molecule has 0 N–H and O–H groups in total. The van der Waals surface area contributed by atoms with Gasteiger partial charge in [0.05, 0.1) is 33.3 Å². The zero-order valence-corrected chi connectivity index (χ0v) is 22.8. The molecule has 42 heavy (non-hydrogen) atoms. The van der Waals surface area contributed by atoms with E-state index >= 15 is 0 Å². The Kier molecular flexibility index (Phi) is 4.90. The topological polar surface area (TPSA) is 22.2 Å². The van der Waals surface area contributed by atoms with Crippen LogP contribution in [-0.4, -0.2) is 14.0 Å². The third-order valence-electron chi connectivity index (χ3n) is 8.49. The maximum absolute atomic E-state index is 5.23. The molecule has 3 heterocycles. The molecule has 0 aliphatic heterocycles. The summed E-state index contributed by atoms with van der Waals surface area (Å²) in [4.78, 5) is 5.23. The number of fused-ring (bicyclic) bond motifs is 5. The van der Waals surface area contributed by atoms with Gasteiger partial charge in [-0.1, -0.05) is 109 Å². The SMILES string of the molecule is c1ccc(-c2ccc3c(c2)c2ccc4cccc5c4c2n3c2ccccc2n5-c2cccc(-c3ccccc3)n2)cc1. The van der Waals surface area contributed by atoms with Gasteiger partial charge < -0.3 is 4.40 Å². The molecule has 0 aliphatic rings. The highest BCUT2D eigenvalue weighted by molar-refractivity contribution is 6.23. The molecule has 0 amide bonds. The van der Waals surface area contributed by atoms with Crippen LogP contribution >= 0.6 is 0 Å². The molecule has 9 aromatic rings.